The molecule has 0 unspecified atom stereocenters. The Labute approximate surface area is 111 Å². The molecule has 3 rings (SSSR count). The van der Waals surface area contributed by atoms with Gasteiger partial charge in [-0.2, -0.15) is 0 Å². The third kappa shape index (κ3) is 2.18. The van der Waals surface area contributed by atoms with Crippen molar-refractivity contribution in [2.24, 2.45) is 5.41 Å². The zero-order valence-corrected chi connectivity index (χ0v) is 10.7. The highest BCUT2D eigenvalue weighted by Crippen LogP contribution is 2.43. The lowest BCUT2D eigenvalue weighted by atomic mass is 9.68. The van der Waals surface area contributed by atoms with Crippen LogP contribution in [0.4, 0.5) is 0 Å². The lowest BCUT2D eigenvalue weighted by Crippen LogP contribution is -2.59. The fraction of sp³-hybridized carbons (Fsp3) is 0.571. The molecule has 102 valence electrons. The van der Waals surface area contributed by atoms with Crippen LogP contribution < -0.4 is 0 Å². The van der Waals surface area contributed by atoms with Gasteiger partial charge in [0, 0.05) is 31.3 Å². The molecule has 5 nitrogen and oxygen atoms in total. The summed E-state index contributed by atoms with van der Waals surface area (Å²) < 4.78 is 5.25. The van der Waals surface area contributed by atoms with Crippen LogP contribution in [-0.4, -0.2) is 34.8 Å². The van der Waals surface area contributed by atoms with Crippen molar-refractivity contribution in [3.63, 3.8) is 0 Å². The van der Waals surface area contributed by atoms with Crippen molar-refractivity contribution >= 4 is 11.7 Å². The predicted molar refractivity (Wildman–Crippen MR) is 66.4 cm³/mol. The maximum absolute atomic E-state index is 12.1. The fourth-order valence-corrected chi connectivity index (χ4v) is 3.02. The monoisotopic (exact) mass is 263 g/mol. The number of hydrogen-bond donors (Lipinski definition) is 1. The van der Waals surface area contributed by atoms with Crippen LogP contribution in [0.5, 0.6) is 0 Å². The summed E-state index contributed by atoms with van der Waals surface area (Å²) in [6.07, 6.45) is 3.10. The van der Waals surface area contributed by atoms with Crippen molar-refractivity contribution in [1.82, 2.24) is 4.90 Å². The second-order valence-electron chi connectivity index (χ2n) is 5.62. The summed E-state index contributed by atoms with van der Waals surface area (Å²) in [5.74, 6) is 0.906. The third-order valence-electron chi connectivity index (χ3n) is 4.24. The number of aliphatic hydroxyl groups excluding tert-OH is 1. The van der Waals surface area contributed by atoms with Crippen LogP contribution in [0.15, 0.2) is 16.5 Å². The standard InChI is InChI=1S/C14H17NO4/c16-7-11-1-2-12(19-11)13(18)15-8-14(9-15)5-3-10(17)4-6-14/h1-2,16H,3-9H2. The van der Waals surface area contributed by atoms with E-state index in [1.807, 2.05) is 0 Å². The highest BCUT2D eigenvalue weighted by molar-refractivity contribution is 5.92. The number of carbonyl (C=O) groups is 2. The van der Waals surface area contributed by atoms with Gasteiger partial charge in [0.15, 0.2) is 5.76 Å². The molecule has 0 bridgehead atoms. The molecule has 1 saturated carbocycles. The largest absolute Gasteiger partial charge is 0.453 e. The van der Waals surface area contributed by atoms with Gasteiger partial charge in [0.2, 0.25) is 0 Å². The summed E-state index contributed by atoms with van der Waals surface area (Å²) in [6, 6.07) is 3.21. The highest BCUT2D eigenvalue weighted by atomic mass is 16.4. The lowest BCUT2D eigenvalue weighted by molar-refractivity contribution is -0.125. The topological polar surface area (TPSA) is 70.8 Å². The number of Topliss-reactive ketones (excluding diaryl/α,β-unsaturated/α-hetero) is 1. The number of likely N-dealkylation sites (tertiary alicyclic amines) is 1. The summed E-state index contributed by atoms with van der Waals surface area (Å²) in [6.45, 7) is 1.24. The van der Waals surface area contributed by atoms with Gasteiger partial charge in [0.05, 0.1) is 0 Å². The van der Waals surface area contributed by atoms with E-state index < -0.39 is 0 Å². The van der Waals surface area contributed by atoms with Gasteiger partial charge in [-0.1, -0.05) is 0 Å². The minimum atomic E-state index is -0.195. The number of hydrogen-bond acceptors (Lipinski definition) is 4. The van der Waals surface area contributed by atoms with Gasteiger partial charge in [0.1, 0.15) is 18.2 Å². The van der Waals surface area contributed by atoms with Crippen LogP contribution in [0, 0.1) is 5.41 Å². The molecular formula is C14H17NO4. The van der Waals surface area contributed by atoms with Gasteiger partial charge in [-0.3, -0.25) is 9.59 Å². The minimum absolute atomic E-state index is 0.123. The Morgan fingerprint density at radius 1 is 1.32 bits per heavy atom. The van der Waals surface area contributed by atoms with Crippen LogP contribution in [0.2, 0.25) is 0 Å². The van der Waals surface area contributed by atoms with Gasteiger partial charge >= 0.3 is 0 Å². The summed E-state index contributed by atoms with van der Waals surface area (Å²) in [5.41, 5.74) is 0.163. The Balaban J connectivity index is 1.61. The number of nitrogens with zero attached hydrogens (tertiary/aromatic N) is 1. The van der Waals surface area contributed by atoms with Gasteiger partial charge in [-0.25, -0.2) is 0 Å². The van der Waals surface area contributed by atoms with Gasteiger partial charge in [-0.05, 0) is 25.0 Å². The molecule has 1 amide bonds. The number of ketones is 1. The van der Waals surface area contributed by atoms with E-state index >= 15 is 0 Å². The first-order valence-corrected chi connectivity index (χ1v) is 6.62. The summed E-state index contributed by atoms with van der Waals surface area (Å²) in [7, 11) is 0. The molecule has 1 saturated heterocycles. The maximum Gasteiger partial charge on any atom is 0.289 e. The molecule has 19 heavy (non-hydrogen) atoms. The van der Waals surface area contributed by atoms with E-state index in [1.54, 1.807) is 17.0 Å². The fourth-order valence-electron chi connectivity index (χ4n) is 3.02. The zero-order chi connectivity index (χ0) is 13.5. The van der Waals surface area contributed by atoms with E-state index in [4.69, 9.17) is 9.52 Å². The second kappa shape index (κ2) is 4.49. The first kappa shape index (κ1) is 12.4. The SMILES string of the molecule is O=C1CCC2(CC1)CN(C(=O)c1ccc(CO)o1)C2. The van der Waals surface area contributed by atoms with E-state index in [-0.39, 0.29) is 23.7 Å². The lowest BCUT2D eigenvalue weighted by Gasteiger charge is -2.51. The molecule has 1 N–H and O–H groups in total. The molecule has 0 aromatic carbocycles. The van der Waals surface area contributed by atoms with Crippen LogP contribution in [0.3, 0.4) is 0 Å². The molecule has 2 aliphatic rings. The van der Waals surface area contributed by atoms with E-state index in [1.165, 1.54) is 0 Å². The normalized spacial score (nSPS) is 21.5. The first-order chi connectivity index (χ1) is 9.12. The molecule has 1 aromatic rings. The molecule has 1 aliphatic carbocycles. The Hall–Kier alpha value is -1.62. The van der Waals surface area contributed by atoms with Crippen molar-refractivity contribution in [3.8, 4) is 0 Å². The summed E-state index contributed by atoms with van der Waals surface area (Å²) in [4.78, 5) is 25.1. The molecule has 0 atom stereocenters. The Bertz CT molecular complexity index is 501. The van der Waals surface area contributed by atoms with E-state index in [0.717, 1.165) is 12.8 Å². The van der Waals surface area contributed by atoms with Crippen LogP contribution in [0.1, 0.15) is 42.0 Å². The van der Waals surface area contributed by atoms with Gasteiger partial charge < -0.3 is 14.4 Å². The second-order valence-corrected chi connectivity index (χ2v) is 5.62. The van der Waals surface area contributed by atoms with E-state index in [2.05, 4.69) is 0 Å². The van der Waals surface area contributed by atoms with Crippen molar-refractivity contribution < 1.29 is 19.1 Å². The molecule has 1 aromatic heterocycles. The molecule has 0 radical (unpaired) electrons. The van der Waals surface area contributed by atoms with Gasteiger partial charge in [-0.15, -0.1) is 0 Å². The molecular weight excluding hydrogens is 246 g/mol. The molecule has 5 heteroatoms. The van der Waals surface area contributed by atoms with Crippen molar-refractivity contribution in [2.75, 3.05) is 13.1 Å². The average Bonchev–Trinajstić information content (AvgIpc) is 2.85. The number of carbonyl (C=O) groups excluding carboxylic acids is 2. The Morgan fingerprint density at radius 2 is 2.00 bits per heavy atom. The molecule has 1 aliphatic heterocycles. The smallest absolute Gasteiger partial charge is 0.289 e. The highest BCUT2D eigenvalue weighted by Gasteiger charge is 2.47. The van der Waals surface area contributed by atoms with Crippen LogP contribution in [0.25, 0.3) is 0 Å². The van der Waals surface area contributed by atoms with Crippen molar-refractivity contribution in [3.05, 3.63) is 23.7 Å². The molecule has 2 heterocycles. The zero-order valence-electron chi connectivity index (χ0n) is 10.7. The number of aliphatic hydroxyl groups is 1. The Morgan fingerprint density at radius 3 is 2.58 bits per heavy atom. The Kier molecular flexibility index (Phi) is 2.93. The number of furan rings is 1. The summed E-state index contributed by atoms with van der Waals surface area (Å²) in [5, 5.41) is 8.92. The average molecular weight is 263 g/mol. The summed E-state index contributed by atoms with van der Waals surface area (Å²) >= 11 is 0. The molecule has 2 fully saturated rings. The predicted octanol–water partition coefficient (Wildman–Crippen LogP) is 1.36. The first-order valence-electron chi connectivity index (χ1n) is 6.62. The van der Waals surface area contributed by atoms with Crippen molar-refractivity contribution in [2.45, 2.75) is 32.3 Å². The quantitative estimate of drug-likeness (QED) is 0.874. The van der Waals surface area contributed by atoms with E-state index in [9.17, 15) is 9.59 Å². The third-order valence-corrected chi connectivity index (χ3v) is 4.24. The molecule has 1 spiro atoms. The number of amides is 1. The van der Waals surface area contributed by atoms with Crippen LogP contribution >= 0.6 is 0 Å². The van der Waals surface area contributed by atoms with Crippen molar-refractivity contribution in [1.29, 1.82) is 0 Å². The minimum Gasteiger partial charge on any atom is -0.453 e. The maximum atomic E-state index is 12.1. The number of rotatable bonds is 2. The van der Waals surface area contributed by atoms with E-state index in [0.29, 0.717) is 37.5 Å². The van der Waals surface area contributed by atoms with Gasteiger partial charge in [0.25, 0.3) is 5.91 Å². The van der Waals surface area contributed by atoms with Crippen LogP contribution in [-0.2, 0) is 11.4 Å².